The minimum absolute atomic E-state index is 0.0199. The van der Waals surface area contributed by atoms with Crippen molar-refractivity contribution in [3.8, 4) is 0 Å². The van der Waals surface area contributed by atoms with Crippen molar-refractivity contribution in [3.63, 3.8) is 0 Å². The Morgan fingerprint density at radius 3 is 2.54 bits per heavy atom. The normalized spacial score (nSPS) is 11.7. The summed E-state index contributed by atoms with van der Waals surface area (Å²) in [6.07, 6.45) is -3.61. The third-order valence-electron chi connectivity index (χ3n) is 3.56. The molecule has 2 rings (SSSR count). The first-order chi connectivity index (χ1) is 11.1. The van der Waals surface area contributed by atoms with Gasteiger partial charge < -0.3 is 10.0 Å². The number of carboxylic acids is 1. The average molecular weight is 343 g/mol. The molecule has 0 aliphatic heterocycles. The number of imidazole rings is 1. The van der Waals surface area contributed by atoms with Crippen LogP contribution in [0.15, 0.2) is 18.3 Å². The number of pyridine rings is 1. The molecule has 1 N–H and O–H groups in total. The maximum absolute atomic E-state index is 12.9. The van der Waals surface area contributed by atoms with E-state index in [0.29, 0.717) is 12.1 Å². The summed E-state index contributed by atoms with van der Waals surface area (Å²) in [5, 5.41) is 8.69. The molecule has 0 atom stereocenters. The van der Waals surface area contributed by atoms with Gasteiger partial charge in [-0.15, -0.1) is 0 Å². The Morgan fingerprint density at radius 1 is 1.33 bits per heavy atom. The molecule has 0 unspecified atom stereocenters. The molecule has 130 valence electrons. The molecule has 9 heteroatoms. The fourth-order valence-corrected chi connectivity index (χ4v) is 2.28. The van der Waals surface area contributed by atoms with Crippen LogP contribution in [0.3, 0.4) is 0 Å². The summed E-state index contributed by atoms with van der Waals surface area (Å²) in [4.78, 5) is 28.5. The number of aryl methyl sites for hydroxylation is 1. The monoisotopic (exact) mass is 343 g/mol. The third-order valence-corrected chi connectivity index (χ3v) is 3.56. The highest BCUT2D eigenvalue weighted by molar-refractivity contribution is 5.94. The summed E-state index contributed by atoms with van der Waals surface area (Å²) in [5.74, 6) is -1.64. The van der Waals surface area contributed by atoms with Crippen LogP contribution in [0.1, 0.15) is 35.1 Å². The van der Waals surface area contributed by atoms with Crippen LogP contribution in [-0.4, -0.2) is 44.9 Å². The van der Waals surface area contributed by atoms with E-state index in [1.807, 2.05) is 0 Å². The number of alkyl halides is 3. The van der Waals surface area contributed by atoms with E-state index in [2.05, 4.69) is 4.98 Å². The predicted octanol–water partition coefficient (Wildman–Crippen LogP) is 2.46. The van der Waals surface area contributed by atoms with Crippen LogP contribution >= 0.6 is 0 Å². The molecule has 24 heavy (non-hydrogen) atoms. The van der Waals surface area contributed by atoms with Crippen molar-refractivity contribution in [2.75, 3.05) is 13.6 Å². The average Bonchev–Trinajstić information content (AvgIpc) is 2.88. The van der Waals surface area contributed by atoms with Gasteiger partial charge in [-0.1, -0.05) is 6.92 Å². The maximum Gasteiger partial charge on any atom is 0.417 e. The Kier molecular flexibility index (Phi) is 4.81. The lowest BCUT2D eigenvalue weighted by molar-refractivity contribution is -0.138. The lowest BCUT2D eigenvalue weighted by atomic mass is 10.2. The van der Waals surface area contributed by atoms with Gasteiger partial charge in [0.1, 0.15) is 11.3 Å². The van der Waals surface area contributed by atoms with Crippen LogP contribution in [0.25, 0.3) is 5.65 Å². The van der Waals surface area contributed by atoms with Crippen LogP contribution < -0.4 is 0 Å². The van der Waals surface area contributed by atoms with Crippen LogP contribution in [0.4, 0.5) is 13.2 Å². The van der Waals surface area contributed by atoms with Crippen molar-refractivity contribution in [2.45, 2.75) is 25.9 Å². The second-order valence-corrected chi connectivity index (χ2v) is 5.27. The fourth-order valence-electron chi connectivity index (χ4n) is 2.28. The van der Waals surface area contributed by atoms with Gasteiger partial charge in [-0.05, 0) is 18.6 Å². The lowest BCUT2D eigenvalue weighted by Crippen LogP contribution is -2.30. The molecular weight excluding hydrogens is 327 g/mol. The minimum atomic E-state index is -4.54. The van der Waals surface area contributed by atoms with Crippen molar-refractivity contribution in [3.05, 3.63) is 35.3 Å². The number of carbonyl (C=O) groups is 2. The van der Waals surface area contributed by atoms with Gasteiger partial charge in [0, 0.05) is 19.8 Å². The van der Waals surface area contributed by atoms with Crippen molar-refractivity contribution >= 4 is 17.5 Å². The van der Waals surface area contributed by atoms with E-state index >= 15 is 0 Å². The number of carboxylic acid groups (broad SMARTS) is 1. The van der Waals surface area contributed by atoms with Crippen LogP contribution in [0.5, 0.6) is 0 Å². The molecular formula is C15H16F3N3O3. The van der Waals surface area contributed by atoms with Crippen molar-refractivity contribution in [1.82, 2.24) is 14.3 Å². The SMILES string of the molecule is CCc1nc2ccc(C(F)(F)F)cn2c1C(=O)N(C)CCC(=O)O. The highest BCUT2D eigenvalue weighted by Crippen LogP contribution is 2.30. The molecule has 0 fully saturated rings. The summed E-state index contributed by atoms with van der Waals surface area (Å²) in [7, 11) is 1.40. The van der Waals surface area contributed by atoms with E-state index in [1.54, 1.807) is 6.92 Å². The first kappa shape index (κ1) is 17.8. The summed E-state index contributed by atoms with van der Waals surface area (Å²) < 4.78 is 39.8. The summed E-state index contributed by atoms with van der Waals surface area (Å²) in [6.45, 7) is 1.68. The molecule has 2 heterocycles. The molecule has 0 saturated heterocycles. The molecule has 2 aromatic heterocycles. The number of amides is 1. The maximum atomic E-state index is 12.9. The molecule has 0 aliphatic carbocycles. The number of aromatic nitrogens is 2. The van der Waals surface area contributed by atoms with E-state index in [-0.39, 0.29) is 24.3 Å². The molecule has 0 aliphatic rings. The number of carbonyl (C=O) groups excluding carboxylic acids is 1. The van der Waals surface area contributed by atoms with Crippen molar-refractivity contribution in [1.29, 1.82) is 0 Å². The Balaban J connectivity index is 2.50. The molecule has 1 amide bonds. The van der Waals surface area contributed by atoms with Crippen molar-refractivity contribution < 1.29 is 27.9 Å². The van der Waals surface area contributed by atoms with Crippen LogP contribution in [0, 0.1) is 0 Å². The topological polar surface area (TPSA) is 74.9 Å². The summed E-state index contributed by atoms with van der Waals surface area (Å²) in [6, 6.07) is 2.11. The Labute approximate surface area is 135 Å². The number of aliphatic carboxylic acids is 1. The Hall–Kier alpha value is -2.58. The van der Waals surface area contributed by atoms with Gasteiger partial charge in [0.25, 0.3) is 5.91 Å². The first-order valence-corrected chi connectivity index (χ1v) is 7.20. The first-order valence-electron chi connectivity index (χ1n) is 7.20. The molecule has 0 spiro atoms. The lowest BCUT2D eigenvalue weighted by Gasteiger charge is -2.17. The van der Waals surface area contributed by atoms with E-state index in [9.17, 15) is 22.8 Å². The number of fused-ring (bicyclic) bond motifs is 1. The zero-order chi connectivity index (χ0) is 18.1. The van der Waals surface area contributed by atoms with Gasteiger partial charge in [0.2, 0.25) is 0 Å². The molecule has 6 nitrogen and oxygen atoms in total. The number of nitrogens with zero attached hydrogens (tertiary/aromatic N) is 3. The number of hydrogen-bond donors (Lipinski definition) is 1. The number of halogens is 3. The van der Waals surface area contributed by atoms with Gasteiger partial charge in [0.05, 0.1) is 17.7 Å². The van der Waals surface area contributed by atoms with Crippen molar-refractivity contribution in [2.24, 2.45) is 0 Å². The standard InChI is InChI=1S/C15H16F3N3O3/c1-3-10-13(14(24)20(2)7-6-12(22)23)21-8-9(15(16,17)18)4-5-11(21)19-10/h4-5,8H,3,6-7H2,1-2H3,(H,22,23). The van der Waals surface area contributed by atoms with Crippen LogP contribution in [0.2, 0.25) is 0 Å². The molecule has 2 aromatic rings. The quantitative estimate of drug-likeness (QED) is 0.905. The second kappa shape index (κ2) is 6.50. The predicted molar refractivity (Wildman–Crippen MR) is 78.8 cm³/mol. The van der Waals surface area contributed by atoms with E-state index in [0.717, 1.165) is 21.6 Å². The highest BCUT2D eigenvalue weighted by Gasteiger charge is 2.32. The molecule has 0 aromatic carbocycles. The zero-order valence-corrected chi connectivity index (χ0v) is 13.1. The highest BCUT2D eigenvalue weighted by atomic mass is 19.4. The Bertz CT molecular complexity index is 783. The molecule has 0 radical (unpaired) electrons. The van der Waals surface area contributed by atoms with Gasteiger partial charge in [-0.2, -0.15) is 13.2 Å². The van der Waals surface area contributed by atoms with Gasteiger partial charge in [-0.3, -0.25) is 14.0 Å². The summed E-state index contributed by atoms with van der Waals surface area (Å²) >= 11 is 0. The van der Waals surface area contributed by atoms with Gasteiger partial charge in [-0.25, -0.2) is 4.98 Å². The smallest absolute Gasteiger partial charge is 0.417 e. The Morgan fingerprint density at radius 2 is 2.00 bits per heavy atom. The number of rotatable bonds is 5. The minimum Gasteiger partial charge on any atom is -0.481 e. The third kappa shape index (κ3) is 3.50. The van der Waals surface area contributed by atoms with E-state index in [4.69, 9.17) is 5.11 Å². The molecule has 0 saturated carbocycles. The van der Waals surface area contributed by atoms with Gasteiger partial charge >= 0.3 is 12.1 Å². The van der Waals surface area contributed by atoms with E-state index < -0.39 is 23.6 Å². The zero-order valence-electron chi connectivity index (χ0n) is 13.1. The van der Waals surface area contributed by atoms with Crippen LogP contribution in [-0.2, 0) is 17.4 Å². The second-order valence-electron chi connectivity index (χ2n) is 5.27. The molecule has 0 bridgehead atoms. The van der Waals surface area contributed by atoms with Gasteiger partial charge in [0.15, 0.2) is 0 Å². The fraction of sp³-hybridized carbons (Fsp3) is 0.400. The van der Waals surface area contributed by atoms with E-state index in [1.165, 1.54) is 13.1 Å². The largest absolute Gasteiger partial charge is 0.481 e. The summed E-state index contributed by atoms with van der Waals surface area (Å²) in [5.41, 5.74) is -0.278. The number of hydrogen-bond acceptors (Lipinski definition) is 3.